The number of ether oxygens (including phenoxy) is 1. The Bertz CT molecular complexity index is 739. The van der Waals surface area contributed by atoms with Crippen LogP contribution in [0.5, 0.6) is 5.88 Å². The van der Waals surface area contributed by atoms with E-state index in [1.54, 1.807) is 0 Å². The van der Waals surface area contributed by atoms with Gasteiger partial charge in [0.25, 0.3) is 0 Å². The second-order valence-electron chi connectivity index (χ2n) is 7.04. The monoisotopic (exact) mass is 509 g/mol. The van der Waals surface area contributed by atoms with Gasteiger partial charge in [-0.2, -0.15) is 0 Å². The molecule has 2 N–H and O–H groups in total. The Morgan fingerprint density at radius 3 is 2.76 bits per heavy atom. The van der Waals surface area contributed by atoms with Crippen LogP contribution >= 0.6 is 24.0 Å². The van der Waals surface area contributed by atoms with Crippen molar-refractivity contribution >= 4 is 35.6 Å². The highest BCUT2D eigenvalue weighted by Crippen LogP contribution is 2.19. The molecule has 0 radical (unpaired) electrons. The molecule has 0 spiro atoms. The van der Waals surface area contributed by atoms with Gasteiger partial charge >= 0.3 is 0 Å². The van der Waals surface area contributed by atoms with E-state index in [-0.39, 0.29) is 24.0 Å². The standard InChI is InChI=1S/C22H31N5O.HI/c1-3-14-28-21-12-11-18(15-24-21)16-25-22(23-2)26-19-8-7-13-27(17-19)20-9-5-4-6-10-20;/h4-6,9-12,15,19H,3,7-8,13-14,16-17H2,1-2H3,(H2,23,25,26);1H. The Morgan fingerprint density at radius 1 is 1.24 bits per heavy atom. The number of rotatable bonds is 7. The van der Waals surface area contributed by atoms with Crippen LogP contribution < -0.4 is 20.3 Å². The minimum Gasteiger partial charge on any atom is -0.478 e. The normalized spacial score (nSPS) is 16.7. The molecule has 158 valence electrons. The lowest BCUT2D eigenvalue weighted by Crippen LogP contribution is -2.51. The fourth-order valence-corrected chi connectivity index (χ4v) is 3.35. The molecule has 0 amide bonds. The minimum absolute atomic E-state index is 0. The fraction of sp³-hybridized carbons (Fsp3) is 0.455. The molecule has 1 aromatic carbocycles. The van der Waals surface area contributed by atoms with Gasteiger partial charge in [-0.25, -0.2) is 4.98 Å². The molecule has 1 atom stereocenters. The van der Waals surface area contributed by atoms with Crippen molar-refractivity contribution in [1.82, 2.24) is 15.6 Å². The summed E-state index contributed by atoms with van der Waals surface area (Å²) in [6, 6.07) is 14.9. The number of hydrogen-bond donors (Lipinski definition) is 2. The van der Waals surface area contributed by atoms with Crippen LogP contribution in [0.2, 0.25) is 0 Å². The second-order valence-corrected chi connectivity index (χ2v) is 7.04. The van der Waals surface area contributed by atoms with Crippen molar-refractivity contribution in [3.05, 3.63) is 54.2 Å². The number of halogens is 1. The van der Waals surface area contributed by atoms with E-state index in [4.69, 9.17) is 4.74 Å². The number of aliphatic imine (C=N–C) groups is 1. The lowest BCUT2D eigenvalue weighted by molar-refractivity contribution is 0.305. The van der Waals surface area contributed by atoms with E-state index in [1.807, 2.05) is 25.4 Å². The second kappa shape index (κ2) is 12.5. The molecule has 1 aromatic heterocycles. The average Bonchev–Trinajstić information content (AvgIpc) is 2.76. The first-order valence-corrected chi connectivity index (χ1v) is 10.1. The molecule has 1 aliphatic rings. The summed E-state index contributed by atoms with van der Waals surface area (Å²) in [7, 11) is 1.81. The molecule has 3 rings (SSSR count). The third-order valence-electron chi connectivity index (χ3n) is 4.82. The molecule has 6 nitrogen and oxygen atoms in total. The van der Waals surface area contributed by atoms with Crippen LogP contribution in [0.25, 0.3) is 0 Å². The third-order valence-corrected chi connectivity index (χ3v) is 4.82. The largest absolute Gasteiger partial charge is 0.478 e. The summed E-state index contributed by atoms with van der Waals surface area (Å²) in [5, 5.41) is 6.96. The predicted octanol–water partition coefficient (Wildman–Crippen LogP) is 3.82. The van der Waals surface area contributed by atoms with Gasteiger partial charge in [-0.15, -0.1) is 24.0 Å². The predicted molar refractivity (Wildman–Crippen MR) is 130 cm³/mol. The number of aromatic nitrogens is 1. The van der Waals surface area contributed by atoms with Gasteiger partial charge in [0.1, 0.15) is 0 Å². The van der Waals surface area contributed by atoms with E-state index < -0.39 is 0 Å². The van der Waals surface area contributed by atoms with Crippen LogP contribution in [0.3, 0.4) is 0 Å². The molecule has 2 aromatic rings. The van der Waals surface area contributed by atoms with Crippen LogP contribution in [-0.2, 0) is 6.54 Å². The summed E-state index contributed by atoms with van der Waals surface area (Å²) in [6.45, 7) is 5.54. The first-order chi connectivity index (χ1) is 13.8. The highest BCUT2D eigenvalue weighted by molar-refractivity contribution is 14.0. The number of nitrogens with zero attached hydrogens (tertiary/aromatic N) is 3. The molecule has 1 aliphatic heterocycles. The van der Waals surface area contributed by atoms with Crippen LogP contribution in [0.4, 0.5) is 5.69 Å². The molecule has 2 heterocycles. The van der Waals surface area contributed by atoms with Gasteiger partial charge in [-0.05, 0) is 37.0 Å². The molecule has 1 unspecified atom stereocenters. The Hall–Kier alpha value is -2.03. The fourth-order valence-electron chi connectivity index (χ4n) is 3.35. The van der Waals surface area contributed by atoms with E-state index in [0.29, 0.717) is 25.1 Å². The van der Waals surface area contributed by atoms with Gasteiger partial charge in [-0.1, -0.05) is 31.2 Å². The number of benzene rings is 1. The number of piperidine rings is 1. The zero-order valence-corrected chi connectivity index (χ0v) is 19.6. The number of nitrogens with one attached hydrogen (secondary N) is 2. The van der Waals surface area contributed by atoms with Gasteiger partial charge in [-0.3, -0.25) is 4.99 Å². The molecule has 1 fully saturated rings. The highest BCUT2D eigenvalue weighted by Gasteiger charge is 2.20. The SMILES string of the molecule is CCCOc1ccc(CNC(=NC)NC2CCCN(c3ccccc3)C2)cn1.I. The number of pyridine rings is 1. The van der Waals surface area contributed by atoms with E-state index in [9.17, 15) is 0 Å². The Kier molecular flexibility index (Phi) is 10.0. The zero-order chi connectivity index (χ0) is 19.6. The summed E-state index contributed by atoms with van der Waals surface area (Å²) in [5.41, 5.74) is 2.38. The third kappa shape index (κ3) is 7.38. The summed E-state index contributed by atoms with van der Waals surface area (Å²) >= 11 is 0. The van der Waals surface area contributed by atoms with Gasteiger partial charge in [0.05, 0.1) is 6.61 Å². The molecule has 0 aliphatic carbocycles. The average molecular weight is 509 g/mol. The van der Waals surface area contributed by atoms with E-state index >= 15 is 0 Å². The molecule has 1 saturated heterocycles. The van der Waals surface area contributed by atoms with Crippen LogP contribution in [0.15, 0.2) is 53.7 Å². The van der Waals surface area contributed by atoms with E-state index in [2.05, 4.69) is 62.8 Å². The van der Waals surface area contributed by atoms with Crippen molar-refractivity contribution in [2.45, 2.75) is 38.8 Å². The van der Waals surface area contributed by atoms with Crippen LogP contribution in [-0.4, -0.2) is 43.7 Å². The van der Waals surface area contributed by atoms with Gasteiger partial charge in [0.2, 0.25) is 5.88 Å². The number of guanidine groups is 1. The molecule has 29 heavy (non-hydrogen) atoms. The van der Waals surface area contributed by atoms with Crippen molar-refractivity contribution in [1.29, 1.82) is 0 Å². The Labute approximate surface area is 191 Å². The van der Waals surface area contributed by atoms with Gasteiger partial charge in [0.15, 0.2) is 5.96 Å². The summed E-state index contributed by atoms with van der Waals surface area (Å²) in [4.78, 5) is 11.2. The van der Waals surface area contributed by atoms with Gasteiger partial charge in [0, 0.05) is 50.7 Å². The molecular weight excluding hydrogens is 477 g/mol. The first kappa shape index (κ1) is 23.3. The lowest BCUT2D eigenvalue weighted by Gasteiger charge is -2.35. The van der Waals surface area contributed by atoms with Crippen molar-refractivity contribution in [3.8, 4) is 5.88 Å². The Balaban J connectivity index is 0.00000300. The lowest BCUT2D eigenvalue weighted by atomic mass is 10.1. The topological polar surface area (TPSA) is 61.8 Å². The summed E-state index contributed by atoms with van der Waals surface area (Å²) in [6.07, 6.45) is 5.15. The van der Waals surface area contributed by atoms with Crippen molar-refractivity contribution < 1.29 is 4.74 Å². The maximum absolute atomic E-state index is 5.53. The van der Waals surface area contributed by atoms with Crippen LogP contribution in [0.1, 0.15) is 31.7 Å². The smallest absolute Gasteiger partial charge is 0.213 e. The van der Waals surface area contributed by atoms with E-state index in [1.165, 1.54) is 12.1 Å². The van der Waals surface area contributed by atoms with Gasteiger partial charge < -0.3 is 20.3 Å². The molecular formula is C22H32IN5O. The number of hydrogen-bond acceptors (Lipinski definition) is 4. The van der Waals surface area contributed by atoms with Crippen LogP contribution in [0, 0.1) is 0 Å². The maximum Gasteiger partial charge on any atom is 0.213 e. The molecule has 0 saturated carbocycles. The Morgan fingerprint density at radius 2 is 2.07 bits per heavy atom. The quantitative estimate of drug-likeness (QED) is 0.338. The molecule has 0 bridgehead atoms. The van der Waals surface area contributed by atoms with Crippen molar-refractivity contribution in [2.24, 2.45) is 4.99 Å². The maximum atomic E-state index is 5.53. The molecule has 7 heteroatoms. The zero-order valence-electron chi connectivity index (χ0n) is 17.3. The highest BCUT2D eigenvalue weighted by atomic mass is 127. The van der Waals surface area contributed by atoms with E-state index in [0.717, 1.165) is 37.5 Å². The summed E-state index contributed by atoms with van der Waals surface area (Å²) < 4.78 is 5.53. The van der Waals surface area contributed by atoms with Crippen molar-refractivity contribution in [3.63, 3.8) is 0 Å². The minimum atomic E-state index is 0. The first-order valence-electron chi connectivity index (χ1n) is 10.1. The summed E-state index contributed by atoms with van der Waals surface area (Å²) in [5.74, 6) is 1.50. The number of para-hydroxylation sites is 1. The van der Waals surface area contributed by atoms with Crippen molar-refractivity contribution in [2.75, 3.05) is 31.6 Å². The number of anilines is 1.